The maximum atomic E-state index is 13.7. The van der Waals surface area contributed by atoms with Gasteiger partial charge in [0, 0.05) is 38.9 Å². The van der Waals surface area contributed by atoms with E-state index in [1.165, 1.54) is 21.4 Å². The summed E-state index contributed by atoms with van der Waals surface area (Å²) in [6.45, 7) is 5.56. The van der Waals surface area contributed by atoms with Crippen LogP contribution in [0.25, 0.3) is 11.7 Å². The Morgan fingerprint density at radius 2 is 1.84 bits per heavy atom. The van der Waals surface area contributed by atoms with Gasteiger partial charge in [-0.3, -0.25) is 23.8 Å². The van der Waals surface area contributed by atoms with Gasteiger partial charge < -0.3 is 10.0 Å². The molecule has 1 N–H and O–H groups in total. The van der Waals surface area contributed by atoms with Gasteiger partial charge in [-0.05, 0) is 42.3 Å². The predicted molar refractivity (Wildman–Crippen MR) is 147 cm³/mol. The van der Waals surface area contributed by atoms with Crippen molar-refractivity contribution in [1.29, 1.82) is 0 Å². The second-order valence-electron chi connectivity index (χ2n) is 9.04. The summed E-state index contributed by atoms with van der Waals surface area (Å²) in [5, 5.41) is 9.27. The van der Waals surface area contributed by atoms with Crippen LogP contribution in [0.2, 0.25) is 0 Å². The van der Waals surface area contributed by atoms with E-state index in [2.05, 4.69) is 9.80 Å². The second kappa shape index (κ2) is 10.7. The minimum Gasteiger partial charge on any atom is -0.395 e. The average molecular weight is 540 g/mol. The number of amides is 1. The second-order valence-corrected chi connectivity index (χ2v) is 10.7. The van der Waals surface area contributed by atoms with E-state index >= 15 is 0 Å². The molecule has 2 fully saturated rings. The zero-order valence-corrected chi connectivity index (χ0v) is 21.9. The third kappa shape index (κ3) is 5.30. The summed E-state index contributed by atoms with van der Waals surface area (Å²) < 4.78 is 15.2. The van der Waals surface area contributed by atoms with Gasteiger partial charge in [0.25, 0.3) is 11.5 Å². The number of carbonyl (C=O) groups is 1. The van der Waals surface area contributed by atoms with Crippen molar-refractivity contribution in [3.05, 3.63) is 80.4 Å². The molecule has 1 amide bonds. The summed E-state index contributed by atoms with van der Waals surface area (Å²) in [6, 6.07) is 9.65. The van der Waals surface area contributed by atoms with Crippen LogP contribution in [0.15, 0.2) is 52.3 Å². The number of aliphatic hydroxyl groups is 1. The van der Waals surface area contributed by atoms with Crippen molar-refractivity contribution in [1.82, 2.24) is 19.2 Å². The van der Waals surface area contributed by atoms with Crippen molar-refractivity contribution in [2.24, 2.45) is 0 Å². The zero-order valence-electron chi connectivity index (χ0n) is 20.3. The Balaban J connectivity index is 1.52. The molecule has 0 aliphatic carbocycles. The quantitative estimate of drug-likeness (QED) is 0.378. The summed E-state index contributed by atoms with van der Waals surface area (Å²) >= 11 is 6.62. The number of halogens is 1. The number of piperazine rings is 1. The van der Waals surface area contributed by atoms with Crippen LogP contribution in [0.1, 0.15) is 16.7 Å². The number of fused-ring (bicyclic) bond motifs is 1. The Labute approximate surface area is 223 Å². The number of aliphatic hydroxyl groups excluding tert-OH is 1. The number of benzene rings is 1. The highest BCUT2D eigenvalue weighted by atomic mass is 32.2. The van der Waals surface area contributed by atoms with E-state index in [9.17, 15) is 19.1 Å². The molecule has 2 saturated heterocycles. The predicted octanol–water partition coefficient (Wildman–Crippen LogP) is 2.66. The fourth-order valence-electron chi connectivity index (χ4n) is 4.48. The SMILES string of the molecule is Cc1ccc2nc(N3CCN(CCO)CC3)c(/C=C3\SC(=S)N(Cc4ccc(F)cc4)C3=O)c(=O)n2c1. The standard InChI is InChI=1S/C26H26FN5O3S2/c1-17-2-7-22-28-23(30-10-8-29(9-11-30)12-13-33)20(24(34)31(22)15-17)14-21-25(35)32(26(36)37-21)16-18-3-5-19(27)6-4-18/h2-7,14-15,33H,8-13,16H2,1H3/b21-14-. The summed E-state index contributed by atoms with van der Waals surface area (Å²) in [7, 11) is 0. The number of hydrogen-bond acceptors (Lipinski definition) is 8. The zero-order chi connectivity index (χ0) is 26.1. The van der Waals surface area contributed by atoms with Crippen LogP contribution >= 0.6 is 24.0 Å². The first-order valence-corrected chi connectivity index (χ1v) is 13.2. The Bertz CT molecular complexity index is 1450. The molecule has 2 aliphatic heterocycles. The third-order valence-corrected chi connectivity index (χ3v) is 7.85. The minimum absolute atomic E-state index is 0.0972. The third-order valence-electron chi connectivity index (χ3n) is 6.48. The van der Waals surface area contributed by atoms with Crippen molar-refractivity contribution in [3.63, 3.8) is 0 Å². The highest BCUT2D eigenvalue weighted by Gasteiger charge is 2.33. The molecule has 8 nitrogen and oxygen atoms in total. The number of thiocarbonyl (C=S) groups is 1. The van der Waals surface area contributed by atoms with Crippen molar-refractivity contribution in [3.8, 4) is 0 Å². The molecule has 4 heterocycles. The van der Waals surface area contributed by atoms with Gasteiger partial charge in [0.2, 0.25) is 0 Å². The van der Waals surface area contributed by atoms with E-state index in [-0.39, 0.29) is 30.4 Å². The van der Waals surface area contributed by atoms with Crippen LogP contribution in [0.4, 0.5) is 10.2 Å². The van der Waals surface area contributed by atoms with Gasteiger partial charge in [0.15, 0.2) is 0 Å². The molecule has 2 aliphatic rings. The number of pyridine rings is 1. The Hall–Kier alpha value is -3.12. The Kier molecular flexibility index (Phi) is 7.38. The average Bonchev–Trinajstić information content (AvgIpc) is 3.15. The summed E-state index contributed by atoms with van der Waals surface area (Å²) in [6.07, 6.45) is 3.34. The van der Waals surface area contributed by atoms with Gasteiger partial charge >= 0.3 is 0 Å². The summed E-state index contributed by atoms with van der Waals surface area (Å²) in [5.74, 6) is -0.119. The molecule has 0 saturated carbocycles. The van der Waals surface area contributed by atoms with E-state index in [0.717, 1.165) is 36.0 Å². The number of carbonyl (C=O) groups excluding carboxylic acids is 1. The largest absolute Gasteiger partial charge is 0.395 e. The van der Waals surface area contributed by atoms with Crippen molar-refractivity contribution in [2.45, 2.75) is 13.5 Å². The molecule has 37 heavy (non-hydrogen) atoms. The molecule has 0 bridgehead atoms. The van der Waals surface area contributed by atoms with Gasteiger partial charge in [-0.2, -0.15) is 0 Å². The van der Waals surface area contributed by atoms with E-state index in [0.29, 0.717) is 45.9 Å². The summed E-state index contributed by atoms with van der Waals surface area (Å²) in [4.78, 5) is 37.9. The lowest BCUT2D eigenvalue weighted by atomic mass is 10.2. The van der Waals surface area contributed by atoms with Crippen molar-refractivity contribution < 1.29 is 14.3 Å². The van der Waals surface area contributed by atoms with E-state index in [4.69, 9.17) is 17.2 Å². The van der Waals surface area contributed by atoms with Crippen molar-refractivity contribution in [2.75, 3.05) is 44.2 Å². The van der Waals surface area contributed by atoms with Gasteiger partial charge in [0.05, 0.1) is 23.6 Å². The van der Waals surface area contributed by atoms with E-state index in [1.54, 1.807) is 24.4 Å². The van der Waals surface area contributed by atoms with Gasteiger partial charge in [-0.1, -0.05) is 42.2 Å². The molecule has 3 aromatic rings. The van der Waals surface area contributed by atoms with Crippen LogP contribution in [0, 0.1) is 12.7 Å². The number of rotatable bonds is 6. The number of anilines is 1. The molecule has 2 aromatic heterocycles. The lowest BCUT2D eigenvalue weighted by molar-refractivity contribution is -0.122. The molecule has 0 radical (unpaired) electrons. The summed E-state index contributed by atoms with van der Waals surface area (Å²) in [5.41, 5.74) is 2.28. The van der Waals surface area contributed by atoms with E-state index in [1.807, 2.05) is 19.1 Å². The topological polar surface area (TPSA) is 81.4 Å². The fourth-order valence-corrected chi connectivity index (χ4v) is 5.72. The van der Waals surface area contributed by atoms with Gasteiger partial charge in [-0.15, -0.1) is 0 Å². The first-order valence-electron chi connectivity index (χ1n) is 11.9. The van der Waals surface area contributed by atoms with Crippen LogP contribution in [-0.4, -0.2) is 73.8 Å². The van der Waals surface area contributed by atoms with Crippen LogP contribution in [0.5, 0.6) is 0 Å². The molecule has 1 aromatic carbocycles. The molecule has 192 valence electrons. The molecular weight excluding hydrogens is 513 g/mol. The highest BCUT2D eigenvalue weighted by molar-refractivity contribution is 8.26. The molecule has 0 atom stereocenters. The highest BCUT2D eigenvalue weighted by Crippen LogP contribution is 2.34. The van der Waals surface area contributed by atoms with Crippen LogP contribution in [-0.2, 0) is 11.3 Å². The number of thioether (sulfide) groups is 1. The van der Waals surface area contributed by atoms with Crippen LogP contribution < -0.4 is 10.5 Å². The number of aryl methyl sites for hydroxylation is 1. The first kappa shape index (κ1) is 25.5. The number of β-amino-alcohol motifs (C(OH)–C–C–N with tert-alkyl or cyclic N) is 1. The number of aromatic nitrogens is 2. The number of nitrogens with zero attached hydrogens (tertiary/aromatic N) is 5. The molecule has 11 heteroatoms. The lowest BCUT2D eigenvalue weighted by Crippen LogP contribution is -2.48. The molecule has 5 rings (SSSR count). The van der Waals surface area contributed by atoms with Gasteiger partial charge in [-0.25, -0.2) is 9.37 Å². The monoisotopic (exact) mass is 539 g/mol. The molecule has 0 unspecified atom stereocenters. The lowest BCUT2D eigenvalue weighted by Gasteiger charge is -2.35. The Morgan fingerprint density at radius 1 is 1.11 bits per heavy atom. The fraction of sp³-hybridized carbons (Fsp3) is 0.308. The molecular formula is C26H26FN5O3S2. The number of hydrogen-bond donors (Lipinski definition) is 1. The minimum atomic E-state index is -0.349. The maximum Gasteiger partial charge on any atom is 0.267 e. The van der Waals surface area contributed by atoms with E-state index < -0.39 is 0 Å². The van der Waals surface area contributed by atoms with Crippen LogP contribution in [0.3, 0.4) is 0 Å². The Morgan fingerprint density at radius 3 is 2.54 bits per heavy atom. The van der Waals surface area contributed by atoms with Crippen molar-refractivity contribution >= 4 is 51.7 Å². The molecule has 0 spiro atoms. The smallest absolute Gasteiger partial charge is 0.267 e. The van der Waals surface area contributed by atoms with Gasteiger partial charge in [0.1, 0.15) is 21.6 Å². The first-order chi connectivity index (χ1) is 17.8. The normalized spacial score (nSPS) is 18.0. The maximum absolute atomic E-state index is 13.7.